The fraction of sp³-hybridized carbons (Fsp3) is 0.250. The Bertz CT molecular complexity index is 863. The molecule has 134 valence electrons. The highest BCUT2D eigenvalue weighted by Crippen LogP contribution is 2.35. The summed E-state index contributed by atoms with van der Waals surface area (Å²) in [4.78, 5) is 38.3. The number of aryl methyl sites for hydroxylation is 1. The van der Waals surface area contributed by atoms with Gasteiger partial charge in [-0.15, -0.1) is 0 Å². The van der Waals surface area contributed by atoms with Gasteiger partial charge in [0, 0.05) is 17.7 Å². The predicted molar refractivity (Wildman–Crippen MR) is 97.2 cm³/mol. The first-order chi connectivity index (χ1) is 12.4. The Hall–Kier alpha value is -3.15. The van der Waals surface area contributed by atoms with Crippen molar-refractivity contribution < 1.29 is 19.5 Å². The molecule has 2 aromatic rings. The molecule has 0 saturated heterocycles. The third-order valence-electron chi connectivity index (χ3n) is 4.63. The summed E-state index contributed by atoms with van der Waals surface area (Å²) in [5, 5.41) is 11.5. The third kappa shape index (κ3) is 3.18. The van der Waals surface area contributed by atoms with Crippen LogP contribution in [-0.2, 0) is 16.0 Å². The van der Waals surface area contributed by atoms with E-state index in [0.717, 1.165) is 11.1 Å². The summed E-state index contributed by atoms with van der Waals surface area (Å²) in [6, 6.07) is 12.5. The van der Waals surface area contributed by atoms with Gasteiger partial charge >= 0.3 is 5.97 Å². The van der Waals surface area contributed by atoms with Crippen molar-refractivity contribution >= 4 is 23.5 Å². The number of carboxylic acid groups (broad SMARTS) is 1. The van der Waals surface area contributed by atoms with E-state index >= 15 is 0 Å². The molecule has 0 radical (unpaired) electrons. The van der Waals surface area contributed by atoms with E-state index in [4.69, 9.17) is 5.11 Å². The van der Waals surface area contributed by atoms with Crippen molar-refractivity contribution in [2.24, 2.45) is 0 Å². The molecule has 26 heavy (non-hydrogen) atoms. The highest BCUT2D eigenvalue weighted by molar-refractivity contribution is 6.12. The maximum Gasteiger partial charge on any atom is 0.325 e. The molecule has 0 fully saturated rings. The highest BCUT2D eigenvalue weighted by Gasteiger charge is 2.40. The number of fused-ring (bicyclic) bond motifs is 1. The van der Waals surface area contributed by atoms with Gasteiger partial charge in [-0.1, -0.05) is 30.3 Å². The lowest BCUT2D eigenvalue weighted by Crippen LogP contribution is -2.51. The fourth-order valence-electron chi connectivity index (χ4n) is 3.18. The molecule has 6 heteroatoms. The average Bonchev–Trinajstić information content (AvgIpc) is 3.02. The number of carboxylic acids is 1. The van der Waals surface area contributed by atoms with Crippen LogP contribution in [0, 0.1) is 6.92 Å². The van der Waals surface area contributed by atoms with Crippen LogP contribution in [0.2, 0.25) is 0 Å². The van der Waals surface area contributed by atoms with Crippen LogP contribution in [0.3, 0.4) is 0 Å². The summed E-state index contributed by atoms with van der Waals surface area (Å²) in [6.45, 7) is 3.33. The number of anilines is 1. The molecule has 0 aromatic heterocycles. The second-order valence-electron chi connectivity index (χ2n) is 6.40. The zero-order chi connectivity index (χ0) is 18.8. The topological polar surface area (TPSA) is 86.7 Å². The van der Waals surface area contributed by atoms with Gasteiger partial charge in [-0.05, 0) is 43.2 Å². The van der Waals surface area contributed by atoms with Gasteiger partial charge < -0.3 is 10.4 Å². The van der Waals surface area contributed by atoms with E-state index in [9.17, 15) is 14.4 Å². The summed E-state index contributed by atoms with van der Waals surface area (Å²) in [5.74, 6) is -1.87. The number of amides is 2. The van der Waals surface area contributed by atoms with E-state index in [2.05, 4.69) is 5.32 Å². The Morgan fingerprint density at radius 1 is 1.12 bits per heavy atom. The van der Waals surface area contributed by atoms with E-state index in [0.29, 0.717) is 17.7 Å². The minimum atomic E-state index is -1.12. The Balaban J connectivity index is 1.98. The summed E-state index contributed by atoms with van der Waals surface area (Å²) < 4.78 is 0. The van der Waals surface area contributed by atoms with Crippen molar-refractivity contribution in [1.29, 1.82) is 0 Å². The van der Waals surface area contributed by atoms with E-state index in [1.807, 2.05) is 31.2 Å². The molecule has 2 amide bonds. The lowest BCUT2D eigenvalue weighted by molar-refractivity contribution is -0.141. The summed E-state index contributed by atoms with van der Waals surface area (Å²) >= 11 is 0. The zero-order valence-electron chi connectivity index (χ0n) is 14.6. The van der Waals surface area contributed by atoms with Crippen molar-refractivity contribution in [2.75, 3.05) is 4.90 Å². The van der Waals surface area contributed by atoms with Crippen LogP contribution < -0.4 is 10.2 Å². The standard InChI is InChI=1S/C20H20N2O4/c1-12-7-6-10-16-15(12)11-17(18(23)21-13(2)20(25)26)22(16)19(24)14-8-4-3-5-9-14/h3-10,13,17H,11H2,1-2H3,(H,21,23)(H,25,26). The van der Waals surface area contributed by atoms with Gasteiger partial charge in [-0.3, -0.25) is 19.3 Å². The number of rotatable bonds is 4. The molecule has 1 aliphatic rings. The second kappa shape index (κ2) is 7.00. The van der Waals surface area contributed by atoms with Crippen LogP contribution in [0.25, 0.3) is 0 Å². The van der Waals surface area contributed by atoms with E-state index in [-0.39, 0.29) is 5.91 Å². The molecule has 0 spiro atoms. The van der Waals surface area contributed by atoms with Crippen molar-refractivity contribution in [3.63, 3.8) is 0 Å². The summed E-state index contributed by atoms with van der Waals surface area (Å²) in [5.41, 5.74) is 3.10. The maximum absolute atomic E-state index is 13.1. The summed E-state index contributed by atoms with van der Waals surface area (Å²) in [7, 11) is 0. The second-order valence-corrected chi connectivity index (χ2v) is 6.40. The van der Waals surface area contributed by atoms with Crippen molar-refractivity contribution in [3.8, 4) is 0 Å². The minimum Gasteiger partial charge on any atom is -0.480 e. The summed E-state index contributed by atoms with van der Waals surface area (Å²) in [6.07, 6.45) is 0.360. The van der Waals surface area contributed by atoms with Crippen molar-refractivity contribution in [3.05, 3.63) is 65.2 Å². The molecule has 0 saturated carbocycles. The molecule has 1 aliphatic heterocycles. The Labute approximate surface area is 151 Å². The van der Waals surface area contributed by atoms with Crippen molar-refractivity contribution in [2.45, 2.75) is 32.4 Å². The molecule has 2 N–H and O–H groups in total. The van der Waals surface area contributed by atoms with E-state index in [1.54, 1.807) is 24.3 Å². The van der Waals surface area contributed by atoms with Crippen LogP contribution in [0.5, 0.6) is 0 Å². The van der Waals surface area contributed by atoms with Crippen LogP contribution in [0.1, 0.15) is 28.4 Å². The Morgan fingerprint density at radius 2 is 1.81 bits per heavy atom. The molecule has 3 rings (SSSR count). The lowest BCUT2D eigenvalue weighted by atomic mass is 10.0. The number of carbonyl (C=O) groups excluding carboxylic acids is 2. The number of benzene rings is 2. The first-order valence-corrected chi connectivity index (χ1v) is 8.40. The van der Waals surface area contributed by atoms with Gasteiger partial charge in [0.1, 0.15) is 12.1 Å². The predicted octanol–water partition coefficient (Wildman–Crippen LogP) is 2.16. The van der Waals surface area contributed by atoms with Crippen LogP contribution in [0.15, 0.2) is 48.5 Å². The molecule has 0 bridgehead atoms. The van der Waals surface area contributed by atoms with E-state index < -0.39 is 24.0 Å². The molecule has 2 unspecified atom stereocenters. The third-order valence-corrected chi connectivity index (χ3v) is 4.63. The Morgan fingerprint density at radius 3 is 2.46 bits per heavy atom. The largest absolute Gasteiger partial charge is 0.480 e. The van der Waals surface area contributed by atoms with Gasteiger partial charge in [0.15, 0.2) is 0 Å². The smallest absolute Gasteiger partial charge is 0.325 e. The van der Waals surface area contributed by atoms with E-state index in [1.165, 1.54) is 11.8 Å². The minimum absolute atomic E-state index is 0.280. The SMILES string of the molecule is Cc1cccc2c1CC(C(=O)NC(C)C(=O)O)N2C(=O)c1ccccc1. The number of nitrogens with one attached hydrogen (secondary N) is 1. The van der Waals surface area contributed by atoms with Crippen molar-refractivity contribution in [1.82, 2.24) is 5.32 Å². The lowest BCUT2D eigenvalue weighted by Gasteiger charge is -2.25. The number of carbonyl (C=O) groups is 3. The zero-order valence-corrected chi connectivity index (χ0v) is 14.6. The first kappa shape index (κ1) is 17.7. The van der Waals surface area contributed by atoms with Crippen LogP contribution >= 0.6 is 0 Å². The fourth-order valence-corrected chi connectivity index (χ4v) is 3.18. The van der Waals surface area contributed by atoms with Gasteiger partial charge in [0.05, 0.1) is 0 Å². The highest BCUT2D eigenvalue weighted by atomic mass is 16.4. The van der Waals surface area contributed by atoms with Gasteiger partial charge in [0.25, 0.3) is 5.91 Å². The first-order valence-electron chi connectivity index (χ1n) is 8.40. The Kier molecular flexibility index (Phi) is 4.75. The molecule has 0 aliphatic carbocycles. The average molecular weight is 352 g/mol. The molecule has 2 atom stereocenters. The number of aliphatic carboxylic acids is 1. The number of nitrogens with zero attached hydrogens (tertiary/aromatic N) is 1. The van der Waals surface area contributed by atoms with Gasteiger partial charge in [0.2, 0.25) is 5.91 Å². The molecular weight excluding hydrogens is 332 g/mol. The normalized spacial score (nSPS) is 16.7. The quantitative estimate of drug-likeness (QED) is 0.883. The molecule has 2 aromatic carbocycles. The van der Waals surface area contributed by atoms with Crippen LogP contribution in [0.4, 0.5) is 5.69 Å². The van der Waals surface area contributed by atoms with Gasteiger partial charge in [-0.25, -0.2) is 0 Å². The number of hydrogen-bond acceptors (Lipinski definition) is 3. The van der Waals surface area contributed by atoms with Crippen LogP contribution in [-0.4, -0.2) is 35.0 Å². The number of hydrogen-bond donors (Lipinski definition) is 2. The maximum atomic E-state index is 13.1. The molecule has 1 heterocycles. The monoisotopic (exact) mass is 352 g/mol. The molecular formula is C20H20N2O4. The van der Waals surface area contributed by atoms with Gasteiger partial charge in [-0.2, -0.15) is 0 Å². The molecule has 6 nitrogen and oxygen atoms in total.